The molecule has 19 heavy (non-hydrogen) atoms. The predicted octanol–water partition coefficient (Wildman–Crippen LogP) is 0.595. The molecule has 0 aliphatic rings. The first-order valence-electron chi connectivity index (χ1n) is 6.21. The lowest BCUT2D eigenvalue weighted by atomic mass is 10.1. The van der Waals surface area contributed by atoms with Gasteiger partial charge in [0.25, 0.3) is 5.91 Å². The van der Waals surface area contributed by atoms with Crippen LogP contribution in [0.4, 0.5) is 5.69 Å². The molecule has 1 aromatic heterocycles. The number of amides is 1. The number of aromatic nitrogens is 2. The molecule has 0 aromatic carbocycles. The third-order valence-electron chi connectivity index (χ3n) is 2.72. The molecular formula is C11H19N5O3. The van der Waals surface area contributed by atoms with Crippen LogP contribution in [0, 0.1) is 16.0 Å². The molecule has 8 heteroatoms. The largest absolute Gasteiger partial charge is 0.350 e. The van der Waals surface area contributed by atoms with Gasteiger partial charge in [-0.05, 0) is 18.9 Å². The van der Waals surface area contributed by atoms with Crippen LogP contribution >= 0.6 is 0 Å². The molecule has 0 fully saturated rings. The highest BCUT2D eigenvalue weighted by atomic mass is 16.6. The first kappa shape index (κ1) is 15.1. The molecule has 1 heterocycles. The topological polar surface area (TPSA) is 127 Å². The first-order valence-corrected chi connectivity index (χ1v) is 6.21. The highest BCUT2D eigenvalue weighted by Gasteiger charge is 2.28. The normalized spacial score (nSPS) is 12.2. The van der Waals surface area contributed by atoms with Gasteiger partial charge < -0.3 is 11.1 Å². The van der Waals surface area contributed by atoms with Crippen LogP contribution in [0.2, 0.25) is 0 Å². The number of nitrogens with one attached hydrogen (secondary N) is 2. The molecular weight excluding hydrogens is 250 g/mol. The molecule has 8 nitrogen and oxygen atoms in total. The zero-order chi connectivity index (χ0) is 14.4. The van der Waals surface area contributed by atoms with Crippen LogP contribution in [0.1, 0.15) is 36.5 Å². The second-order valence-corrected chi connectivity index (χ2v) is 4.46. The Morgan fingerprint density at radius 1 is 1.63 bits per heavy atom. The van der Waals surface area contributed by atoms with Gasteiger partial charge in [0.1, 0.15) is 5.69 Å². The van der Waals surface area contributed by atoms with Crippen LogP contribution in [-0.2, 0) is 6.42 Å². The molecule has 0 saturated heterocycles. The van der Waals surface area contributed by atoms with E-state index in [2.05, 4.69) is 15.5 Å². The van der Waals surface area contributed by atoms with E-state index in [1.165, 1.54) is 0 Å². The Morgan fingerprint density at radius 2 is 2.32 bits per heavy atom. The summed E-state index contributed by atoms with van der Waals surface area (Å²) in [6, 6.07) is 0. The molecule has 1 atom stereocenters. The van der Waals surface area contributed by atoms with Crippen molar-refractivity contribution in [1.82, 2.24) is 15.5 Å². The smallest absolute Gasteiger partial charge is 0.322 e. The van der Waals surface area contributed by atoms with E-state index in [4.69, 9.17) is 5.73 Å². The zero-order valence-electron chi connectivity index (χ0n) is 11.1. The lowest BCUT2D eigenvalue weighted by Gasteiger charge is -2.08. The Kier molecular flexibility index (Phi) is 5.43. The minimum Gasteiger partial charge on any atom is -0.350 e. The van der Waals surface area contributed by atoms with E-state index in [9.17, 15) is 14.9 Å². The molecule has 0 aliphatic carbocycles. The number of H-pyrrole nitrogens is 1. The van der Waals surface area contributed by atoms with Crippen molar-refractivity contribution in [3.8, 4) is 0 Å². The van der Waals surface area contributed by atoms with Gasteiger partial charge in [-0.1, -0.05) is 20.3 Å². The molecule has 0 aliphatic heterocycles. The fourth-order valence-corrected chi connectivity index (χ4v) is 1.59. The number of carbonyl (C=O) groups excluding carboxylic acids is 1. The number of nitro groups is 1. The predicted molar refractivity (Wildman–Crippen MR) is 69.8 cm³/mol. The maximum atomic E-state index is 11.9. The number of carbonyl (C=O) groups is 1. The quantitative estimate of drug-likeness (QED) is 0.493. The molecule has 4 N–H and O–H groups in total. The maximum Gasteiger partial charge on any atom is 0.322 e. The minimum absolute atomic E-state index is 0.108. The summed E-state index contributed by atoms with van der Waals surface area (Å²) < 4.78 is 0. The number of aromatic amines is 1. The van der Waals surface area contributed by atoms with Crippen LogP contribution < -0.4 is 11.1 Å². The summed E-state index contributed by atoms with van der Waals surface area (Å²) in [5.41, 5.74) is 5.41. The monoisotopic (exact) mass is 269 g/mol. The van der Waals surface area contributed by atoms with Crippen molar-refractivity contribution in [1.29, 1.82) is 0 Å². The maximum absolute atomic E-state index is 11.9. The lowest BCUT2D eigenvalue weighted by Crippen LogP contribution is -2.31. The van der Waals surface area contributed by atoms with Crippen molar-refractivity contribution in [2.45, 2.75) is 26.7 Å². The van der Waals surface area contributed by atoms with Crippen LogP contribution in [0.15, 0.2) is 0 Å². The van der Waals surface area contributed by atoms with E-state index in [0.29, 0.717) is 25.2 Å². The molecule has 1 rings (SSSR count). The second kappa shape index (κ2) is 6.83. The SMILES string of the molecule is CCCc1[nH]nc(C(=O)NCC(C)CN)c1[N+](=O)[O-]. The van der Waals surface area contributed by atoms with Crippen molar-refractivity contribution < 1.29 is 9.72 Å². The summed E-state index contributed by atoms with van der Waals surface area (Å²) in [6.07, 6.45) is 1.21. The van der Waals surface area contributed by atoms with Gasteiger partial charge in [0.2, 0.25) is 5.69 Å². The summed E-state index contributed by atoms with van der Waals surface area (Å²) >= 11 is 0. The summed E-state index contributed by atoms with van der Waals surface area (Å²) in [7, 11) is 0. The van der Waals surface area contributed by atoms with E-state index < -0.39 is 10.8 Å². The van der Waals surface area contributed by atoms with Gasteiger partial charge in [-0.25, -0.2) is 0 Å². The highest BCUT2D eigenvalue weighted by Crippen LogP contribution is 2.22. The highest BCUT2D eigenvalue weighted by molar-refractivity contribution is 5.96. The van der Waals surface area contributed by atoms with Crippen molar-refractivity contribution in [2.24, 2.45) is 11.7 Å². The van der Waals surface area contributed by atoms with Crippen molar-refractivity contribution in [3.63, 3.8) is 0 Å². The number of nitrogens with two attached hydrogens (primary N) is 1. The Bertz CT molecular complexity index is 457. The molecule has 1 unspecified atom stereocenters. The van der Waals surface area contributed by atoms with Gasteiger partial charge >= 0.3 is 5.69 Å². The average Bonchev–Trinajstić information content (AvgIpc) is 2.79. The fraction of sp³-hybridized carbons (Fsp3) is 0.636. The molecule has 1 aromatic rings. The Labute approximate surface area is 110 Å². The van der Waals surface area contributed by atoms with Crippen LogP contribution in [0.5, 0.6) is 0 Å². The van der Waals surface area contributed by atoms with Gasteiger partial charge in [0.15, 0.2) is 0 Å². The summed E-state index contributed by atoms with van der Waals surface area (Å²) in [6.45, 7) is 4.57. The summed E-state index contributed by atoms with van der Waals surface area (Å²) in [5, 5.41) is 19.9. The minimum atomic E-state index is -0.574. The number of hydrogen-bond acceptors (Lipinski definition) is 5. The zero-order valence-corrected chi connectivity index (χ0v) is 11.1. The van der Waals surface area contributed by atoms with Crippen LogP contribution in [-0.4, -0.2) is 34.1 Å². The second-order valence-electron chi connectivity index (χ2n) is 4.46. The average molecular weight is 269 g/mol. The summed E-state index contributed by atoms with van der Waals surface area (Å²) in [5.74, 6) is -0.442. The molecule has 106 valence electrons. The Morgan fingerprint density at radius 3 is 2.84 bits per heavy atom. The van der Waals surface area contributed by atoms with E-state index in [-0.39, 0.29) is 17.3 Å². The van der Waals surface area contributed by atoms with Crippen LogP contribution in [0.3, 0.4) is 0 Å². The van der Waals surface area contributed by atoms with Crippen molar-refractivity contribution >= 4 is 11.6 Å². The molecule has 0 bridgehead atoms. The van der Waals surface area contributed by atoms with Gasteiger partial charge in [-0.2, -0.15) is 5.10 Å². The molecule has 0 radical (unpaired) electrons. The standard InChI is InChI=1S/C11H19N5O3/c1-3-4-8-10(16(18)19)9(15-14-8)11(17)13-6-7(2)5-12/h7H,3-6,12H2,1-2H3,(H,13,17)(H,14,15). The van der Waals surface area contributed by atoms with Gasteiger partial charge in [0, 0.05) is 6.54 Å². The number of rotatable bonds is 7. The number of hydrogen-bond donors (Lipinski definition) is 3. The number of aryl methyl sites for hydroxylation is 1. The molecule has 1 amide bonds. The molecule has 0 saturated carbocycles. The summed E-state index contributed by atoms with van der Waals surface area (Å²) in [4.78, 5) is 22.3. The Hall–Kier alpha value is -1.96. The lowest BCUT2D eigenvalue weighted by molar-refractivity contribution is -0.385. The van der Waals surface area contributed by atoms with Crippen molar-refractivity contribution in [2.75, 3.05) is 13.1 Å². The Balaban J connectivity index is 2.87. The fourth-order valence-electron chi connectivity index (χ4n) is 1.59. The third kappa shape index (κ3) is 3.75. The van der Waals surface area contributed by atoms with E-state index in [1.807, 2.05) is 13.8 Å². The van der Waals surface area contributed by atoms with Gasteiger partial charge in [-0.3, -0.25) is 20.0 Å². The van der Waals surface area contributed by atoms with E-state index >= 15 is 0 Å². The molecule has 0 spiro atoms. The van der Waals surface area contributed by atoms with Crippen LogP contribution in [0.25, 0.3) is 0 Å². The van der Waals surface area contributed by atoms with E-state index in [1.54, 1.807) is 0 Å². The first-order chi connectivity index (χ1) is 9.01. The van der Waals surface area contributed by atoms with Gasteiger partial charge in [0.05, 0.1) is 4.92 Å². The number of nitrogens with zero attached hydrogens (tertiary/aromatic N) is 2. The van der Waals surface area contributed by atoms with Crippen molar-refractivity contribution in [3.05, 3.63) is 21.5 Å². The van der Waals surface area contributed by atoms with E-state index in [0.717, 1.165) is 6.42 Å². The van der Waals surface area contributed by atoms with Gasteiger partial charge in [-0.15, -0.1) is 0 Å². The third-order valence-corrected chi connectivity index (χ3v) is 2.72.